The van der Waals surface area contributed by atoms with Gasteiger partial charge in [-0.25, -0.2) is 9.78 Å². The Labute approximate surface area is 164 Å². The van der Waals surface area contributed by atoms with Crippen LogP contribution in [0.2, 0.25) is 0 Å². The van der Waals surface area contributed by atoms with Crippen molar-refractivity contribution in [1.29, 1.82) is 5.26 Å². The highest BCUT2D eigenvalue weighted by molar-refractivity contribution is 5.68. The van der Waals surface area contributed by atoms with E-state index >= 15 is 0 Å². The van der Waals surface area contributed by atoms with Crippen molar-refractivity contribution < 1.29 is 9.53 Å². The lowest BCUT2D eigenvalue weighted by Gasteiger charge is -2.35. The number of nitrogens with one attached hydrogen (secondary N) is 1. The summed E-state index contributed by atoms with van der Waals surface area (Å²) in [5, 5.41) is 12.1. The molecule has 1 fully saturated rings. The van der Waals surface area contributed by atoms with E-state index in [1.807, 2.05) is 37.8 Å². The molecule has 8 heteroatoms. The van der Waals surface area contributed by atoms with Gasteiger partial charge in [0.1, 0.15) is 11.4 Å². The molecule has 1 aromatic carbocycles. The first kappa shape index (κ1) is 19.4. The minimum atomic E-state index is -0.497. The van der Waals surface area contributed by atoms with Gasteiger partial charge >= 0.3 is 6.09 Å². The molecule has 28 heavy (non-hydrogen) atoms. The summed E-state index contributed by atoms with van der Waals surface area (Å²) in [5.41, 5.74) is 0.957. The van der Waals surface area contributed by atoms with Crippen molar-refractivity contribution in [2.75, 3.05) is 36.4 Å². The van der Waals surface area contributed by atoms with E-state index in [1.54, 1.807) is 29.3 Å². The molecule has 0 bridgehead atoms. The zero-order valence-electron chi connectivity index (χ0n) is 16.3. The second-order valence-electron chi connectivity index (χ2n) is 7.51. The van der Waals surface area contributed by atoms with Crippen LogP contribution in [0.25, 0.3) is 0 Å². The molecule has 1 aliphatic rings. The molecule has 0 saturated carbocycles. The number of nitriles is 1. The molecule has 146 valence electrons. The zero-order chi connectivity index (χ0) is 20.1. The van der Waals surface area contributed by atoms with Crippen LogP contribution in [0.5, 0.6) is 0 Å². The van der Waals surface area contributed by atoms with E-state index < -0.39 is 5.60 Å². The van der Waals surface area contributed by atoms with Crippen molar-refractivity contribution >= 4 is 23.5 Å². The van der Waals surface area contributed by atoms with Crippen molar-refractivity contribution in [2.45, 2.75) is 26.4 Å². The largest absolute Gasteiger partial charge is 0.444 e. The number of nitrogens with zero attached hydrogens (tertiary/aromatic N) is 5. The third-order valence-corrected chi connectivity index (χ3v) is 4.14. The number of rotatable bonds is 3. The first-order chi connectivity index (χ1) is 13.3. The Balaban J connectivity index is 1.60. The molecule has 1 aromatic heterocycles. The average molecular weight is 380 g/mol. The Morgan fingerprint density at radius 2 is 1.82 bits per heavy atom. The summed E-state index contributed by atoms with van der Waals surface area (Å²) in [4.78, 5) is 24.9. The Morgan fingerprint density at radius 3 is 2.43 bits per heavy atom. The minimum Gasteiger partial charge on any atom is -0.444 e. The average Bonchev–Trinajstić information content (AvgIpc) is 2.68. The second-order valence-corrected chi connectivity index (χ2v) is 7.51. The number of amides is 1. The topological polar surface area (TPSA) is 94.4 Å². The number of hydrogen-bond donors (Lipinski definition) is 1. The van der Waals surface area contributed by atoms with Crippen LogP contribution in [0.3, 0.4) is 0 Å². The van der Waals surface area contributed by atoms with Gasteiger partial charge in [0, 0.05) is 38.1 Å². The highest BCUT2D eigenvalue weighted by Crippen LogP contribution is 2.19. The summed E-state index contributed by atoms with van der Waals surface area (Å²) in [6.45, 7) is 7.99. The maximum absolute atomic E-state index is 12.2. The van der Waals surface area contributed by atoms with Crippen LogP contribution >= 0.6 is 0 Å². The lowest BCUT2D eigenvalue weighted by molar-refractivity contribution is 0.0240. The van der Waals surface area contributed by atoms with Crippen LogP contribution in [0.15, 0.2) is 36.5 Å². The Kier molecular flexibility index (Phi) is 5.64. The Morgan fingerprint density at radius 1 is 1.14 bits per heavy atom. The van der Waals surface area contributed by atoms with Gasteiger partial charge in [-0.3, -0.25) is 0 Å². The number of ether oxygens (including phenoxy) is 1. The van der Waals surface area contributed by atoms with Gasteiger partial charge in [0.25, 0.3) is 0 Å². The van der Waals surface area contributed by atoms with Gasteiger partial charge in [-0.1, -0.05) is 0 Å². The van der Waals surface area contributed by atoms with E-state index in [1.165, 1.54) is 0 Å². The number of piperazine rings is 1. The molecule has 0 atom stereocenters. The molecule has 1 saturated heterocycles. The van der Waals surface area contributed by atoms with E-state index in [9.17, 15) is 4.79 Å². The van der Waals surface area contributed by atoms with Gasteiger partial charge in [0.15, 0.2) is 0 Å². The molecule has 1 amide bonds. The van der Waals surface area contributed by atoms with Crippen molar-refractivity contribution in [3.8, 4) is 6.07 Å². The SMILES string of the molecule is CC(C)(C)OC(=O)N1CCN(c2nccc(Nc3ccc(C#N)cc3)n2)CC1. The summed E-state index contributed by atoms with van der Waals surface area (Å²) >= 11 is 0. The van der Waals surface area contributed by atoms with Gasteiger partial charge in [-0.2, -0.15) is 10.2 Å². The highest BCUT2D eigenvalue weighted by Gasteiger charge is 2.26. The summed E-state index contributed by atoms with van der Waals surface area (Å²) < 4.78 is 5.43. The number of benzene rings is 1. The van der Waals surface area contributed by atoms with Crippen LogP contribution in [-0.4, -0.2) is 52.7 Å². The quantitative estimate of drug-likeness (QED) is 0.874. The van der Waals surface area contributed by atoms with Crippen LogP contribution in [0, 0.1) is 11.3 Å². The van der Waals surface area contributed by atoms with Crippen LogP contribution in [0.4, 0.5) is 22.2 Å². The van der Waals surface area contributed by atoms with Crippen molar-refractivity contribution in [3.63, 3.8) is 0 Å². The van der Waals surface area contributed by atoms with E-state index in [0.717, 1.165) is 5.69 Å². The predicted octanol–water partition coefficient (Wildman–Crippen LogP) is 3.15. The molecule has 3 rings (SSSR count). The summed E-state index contributed by atoms with van der Waals surface area (Å²) in [6.07, 6.45) is 1.42. The number of anilines is 3. The summed E-state index contributed by atoms with van der Waals surface area (Å²) in [7, 11) is 0. The standard InChI is InChI=1S/C20H24N6O2/c1-20(2,3)28-19(27)26-12-10-25(11-13-26)18-22-9-8-17(24-18)23-16-6-4-15(14-21)5-7-16/h4-9H,10-13H2,1-3H3,(H,22,23,24). The van der Waals surface area contributed by atoms with E-state index in [0.29, 0.717) is 43.5 Å². The summed E-state index contributed by atoms with van der Waals surface area (Å²) in [5.74, 6) is 1.28. The lowest BCUT2D eigenvalue weighted by Crippen LogP contribution is -2.50. The van der Waals surface area contributed by atoms with Crippen LogP contribution in [0.1, 0.15) is 26.3 Å². The highest BCUT2D eigenvalue weighted by atomic mass is 16.6. The van der Waals surface area contributed by atoms with E-state index in [2.05, 4.69) is 21.4 Å². The van der Waals surface area contributed by atoms with E-state index in [4.69, 9.17) is 10.00 Å². The molecule has 2 aromatic rings. The molecule has 0 radical (unpaired) electrons. The zero-order valence-corrected chi connectivity index (χ0v) is 16.3. The number of carbonyl (C=O) groups is 1. The fraction of sp³-hybridized carbons (Fsp3) is 0.400. The predicted molar refractivity (Wildman–Crippen MR) is 106 cm³/mol. The van der Waals surface area contributed by atoms with Gasteiger partial charge in [-0.15, -0.1) is 0 Å². The monoisotopic (exact) mass is 380 g/mol. The molecule has 0 aliphatic carbocycles. The van der Waals surface area contributed by atoms with Crippen molar-refractivity contribution in [1.82, 2.24) is 14.9 Å². The Bertz CT molecular complexity index is 862. The fourth-order valence-electron chi connectivity index (χ4n) is 2.76. The minimum absolute atomic E-state index is 0.288. The van der Waals surface area contributed by atoms with E-state index in [-0.39, 0.29) is 6.09 Å². The molecule has 0 spiro atoms. The van der Waals surface area contributed by atoms with Gasteiger partial charge < -0.3 is 19.9 Å². The number of aromatic nitrogens is 2. The molecule has 1 aliphatic heterocycles. The molecule has 8 nitrogen and oxygen atoms in total. The Hall–Kier alpha value is -3.34. The van der Waals surface area contributed by atoms with Crippen LogP contribution < -0.4 is 10.2 Å². The smallest absolute Gasteiger partial charge is 0.410 e. The van der Waals surface area contributed by atoms with Crippen LogP contribution in [-0.2, 0) is 4.74 Å². The lowest BCUT2D eigenvalue weighted by atomic mass is 10.2. The second kappa shape index (κ2) is 8.13. The maximum Gasteiger partial charge on any atom is 0.410 e. The fourth-order valence-corrected chi connectivity index (χ4v) is 2.76. The van der Waals surface area contributed by atoms with Crippen molar-refractivity contribution in [3.05, 3.63) is 42.1 Å². The third kappa shape index (κ3) is 5.10. The van der Waals surface area contributed by atoms with Crippen molar-refractivity contribution in [2.24, 2.45) is 0 Å². The first-order valence-corrected chi connectivity index (χ1v) is 9.17. The molecule has 0 unspecified atom stereocenters. The number of carbonyl (C=O) groups excluding carboxylic acids is 1. The van der Waals surface area contributed by atoms with Gasteiger partial charge in [0.2, 0.25) is 5.95 Å². The van der Waals surface area contributed by atoms with Gasteiger partial charge in [-0.05, 0) is 51.1 Å². The molecular formula is C20H24N6O2. The van der Waals surface area contributed by atoms with Gasteiger partial charge in [0.05, 0.1) is 11.6 Å². The first-order valence-electron chi connectivity index (χ1n) is 9.17. The number of hydrogen-bond acceptors (Lipinski definition) is 7. The third-order valence-electron chi connectivity index (χ3n) is 4.14. The molecular weight excluding hydrogens is 356 g/mol. The summed E-state index contributed by atoms with van der Waals surface area (Å²) in [6, 6.07) is 11.1. The maximum atomic E-state index is 12.2. The molecule has 1 N–H and O–H groups in total. The normalized spacial score (nSPS) is 14.4. The molecule has 2 heterocycles.